The van der Waals surface area contributed by atoms with Crippen molar-refractivity contribution in [2.45, 2.75) is 27.2 Å². The van der Waals surface area contributed by atoms with Gasteiger partial charge in [-0.25, -0.2) is 0 Å². The molecule has 1 rings (SSSR count). The lowest BCUT2D eigenvalue weighted by molar-refractivity contribution is -0.137. The highest BCUT2D eigenvalue weighted by atomic mass is 16.5. The summed E-state index contributed by atoms with van der Waals surface area (Å²) in [6.07, 6.45) is 5.85. The van der Waals surface area contributed by atoms with Crippen LogP contribution in [-0.4, -0.2) is 5.97 Å². The molecule has 0 radical (unpaired) electrons. The largest absolute Gasteiger partial charge is 0.425 e. The monoisotopic (exact) mass is 216 g/mol. The van der Waals surface area contributed by atoms with E-state index >= 15 is 0 Å². The first-order valence-electron chi connectivity index (χ1n) is 5.34. The van der Waals surface area contributed by atoms with E-state index in [2.05, 4.69) is 5.92 Å². The van der Waals surface area contributed by atoms with Crippen molar-refractivity contribution in [3.63, 3.8) is 0 Å². The molecule has 0 heterocycles. The molecule has 0 aromatic heterocycles. The normalized spacial score (nSPS) is 11.6. The fourth-order valence-electron chi connectivity index (χ4n) is 1.37. The second-order valence-electron chi connectivity index (χ2n) is 3.75. The summed E-state index contributed by atoms with van der Waals surface area (Å²) in [6, 6.07) is 5.62. The summed E-state index contributed by atoms with van der Waals surface area (Å²) >= 11 is 0. The lowest BCUT2D eigenvalue weighted by Gasteiger charge is -2.11. The van der Waals surface area contributed by atoms with Gasteiger partial charge in [0.05, 0.1) is 0 Å². The molecule has 1 aromatic carbocycles. The van der Waals surface area contributed by atoms with Gasteiger partial charge in [0.2, 0.25) is 0 Å². The van der Waals surface area contributed by atoms with Crippen molar-refractivity contribution in [1.29, 1.82) is 0 Å². The first-order valence-corrected chi connectivity index (χ1v) is 5.34. The highest BCUT2D eigenvalue weighted by molar-refractivity contribution is 5.78. The standard InChI is InChI=1S/C14H16O2/c1-5-12(6-2)14(15)16-13-9-7-8-10(3)11(13)4/h1,7-9,12H,6H2,2-4H3. The van der Waals surface area contributed by atoms with Gasteiger partial charge in [-0.3, -0.25) is 4.79 Å². The number of esters is 1. The quantitative estimate of drug-likeness (QED) is 0.441. The molecule has 2 nitrogen and oxygen atoms in total. The fraction of sp³-hybridized carbons (Fsp3) is 0.357. The van der Waals surface area contributed by atoms with E-state index < -0.39 is 5.92 Å². The molecule has 0 fully saturated rings. The lowest BCUT2D eigenvalue weighted by Crippen LogP contribution is -2.18. The molecule has 0 aliphatic rings. The maximum Gasteiger partial charge on any atom is 0.326 e. The third-order valence-electron chi connectivity index (χ3n) is 2.66. The predicted molar refractivity (Wildman–Crippen MR) is 64.2 cm³/mol. The molecule has 0 aliphatic carbocycles. The molecule has 0 N–H and O–H groups in total. The van der Waals surface area contributed by atoms with Crippen molar-refractivity contribution in [3.05, 3.63) is 29.3 Å². The van der Waals surface area contributed by atoms with E-state index in [1.807, 2.05) is 32.9 Å². The van der Waals surface area contributed by atoms with E-state index in [0.29, 0.717) is 12.2 Å². The number of hydrogen-bond donors (Lipinski definition) is 0. The zero-order chi connectivity index (χ0) is 12.1. The molecule has 0 amide bonds. The van der Waals surface area contributed by atoms with Crippen molar-refractivity contribution < 1.29 is 9.53 Å². The summed E-state index contributed by atoms with van der Waals surface area (Å²) in [7, 11) is 0. The Hall–Kier alpha value is -1.75. The minimum Gasteiger partial charge on any atom is -0.425 e. The SMILES string of the molecule is C#CC(CC)C(=O)Oc1cccc(C)c1C. The number of rotatable bonds is 3. The van der Waals surface area contributed by atoms with Crippen LogP contribution in [0.5, 0.6) is 5.75 Å². The number of aryl methyl sites for hydroxylation is 1. The average molecular weight is 216 g/mol. The van der Waals surface area contributed by atoms with Gasteiger partial charge >= 0.3 is 5.97 Å². The molecule has 0 bridgehead atoms. The summed E-state index contributed by atoms with van der Waals surface area (Å²) in [6.45, 7) is 5.77. The maximum absolute atomic E-state index is 11.7. The molecule has 2 heteroatoms. The molecule has 0 spiro atoms. The molecule has 1 aromatic rings. The first kappa shape index (κ1) is 12.3. The van der Waals surface area contributed by atoms with Gasteiger partial charge in [-0.1, -0.05) is 25.0 Å². The lowest BCUT2D eigenvalue weighted by atomic mass is 10.1. The van der Waals surface area contributed by atoms with Crippen molar-refractivity contribution >= 4 is 5.97 Å². The molecule has 0 aliphatic heterocycles. The Morgan fingerprint density at radius 3 is 2.75 bits per heavy atom. The van der Waals surface area contributed by atoms with Crippen molar-refractivity contribution in [2.75, 3.05) is 0 Å². The molecular formula is C14H16O2. The molecule has 0 saturated heterocycles. The van der Waals surface area contributed by atoms with Crippen molar-refractivity contribution in [3.8, 4) is 18.1 Å². The Bertz CT molecular complexity index is 427. The number of hydrogen-bond acceptors (Lipinski definition) is 2. The minimum atomic E-state index is -0.458. The van der Waals surface area contributed by atoms with E-state index in [-0.39, 0.29) is 5.97 Å². The second-order valence-corrected chi connectivity index (χ2v) is 3.75. The zero-order valence-corrected chi connectivity index (χ0v) is 9.91. The first-order chi connectivity index (χ1) is 7.60. The summed E-state index contributed by atoms with van der Waals surface area (Å²) in [5.41, 5.74) is 2.07. The van der Waals surface area contributed by atoms with Crippen molar-refractivity contribution in [1.82, 2.24) is 0 Å². The van der Waals surface area contributed by atoms with Crippen LogP contribution >= 0.6 is 0 Å². The molecular weight excluding hydrogens is 200 g/mol. The summed E-state index contributed by atoms with van der Waals surface area (Å²) in [4.78, 5) is 11.7. The molecule has 16 heavy (non-hydrogen) atoms. The van der Waals surface area contributed by atoms with Crippen molar-refractivity contribution in [2.24, 2.45) is 5.92 Å². The maximum atomic E-state index is 11.7. The predicted octanol–water partition coefficient (Wildman–Crippen LogP) is 2.87. The Morgan fingerprint density at radius 1 is 1.50 bits per heavy atom. The van der Waals surface area contributed by atoms with E-state index in [9.17, 15) is 4.79 Å². The number of carbonyl (C=O) groups excluding carboxylic acids is 1. The van der Waals surface area contributed by atoms with Crippen LogP contribution in [0.25, 0.3) is 0 Å². The number of ether oxygens (including phenoxy) is 1. The third-order valence-corrected chi connectivity index (χ3v) is 2.66. The van der Waals surface area contributed by atoms with Crippen LogP contribution in [0.4, 0.5) is 0 Å². The molecule has 84 valence electrons. The Balaban J connectivity index is 2.86. The van der Waals surface area contributed by atoms with Crippen LogP contribution in [0, 0.1) is 32.1 Å². The Labute approximate surface area is 96.6 Å². The molecule has 0 saturated carbocycles. The topological polar surface area (TPSA) is 26.3 Å². The Morgan fingerprint density at radius 2 is 2.19 bits per heavy atom. The zero-order valence-electron chi connectivity index (χ0n) is 9.91. The van der Waals surface area contributed by atoms with Gasteiger partial charge in [0.15, 0.2) is 0 Å². The van der Waals surface area contributed by atoms with Crippen LogP contribution in [0.1, 0.15) is 24.5 Å². The van der Waals surface area contributed by atoms with Crippen LogP contribution in [0.2, 0.25) is 0 Å². The second kappa shape index (κ2) is 5.37. The van der Waals surface area contributed by atoms with E-state index in [0.717, 1.165) is 11.1 Å². The van der Waals surface area contributed by atoms with Gasteiger partial charge in [0.25, 0.3) is 0 Å². The number of carbonyl (C=O) groups is 1. The van der Waals surface area contributed by atoms with Gasteiger partial charge < -0.3 is 4.74 Å². The van der Waals surface area contributed by atoms with Gasteiger partial charge in [-0.15, -0.1) is 6.42 Å². The third kappa shape index (κ3) is 2.64. The van der Waals surface area contributed by atoms with Crippen LogP contribution in [0.3, 0.4) is 0 Å². The average Bonchev–Trinajstić information content (AvgIpc) is 2.26. The van der Waals surface area contributed by atoms with E-state index in [4.69, 9.17) is 11.2 Å². The highest BCUT2D eigenvalue weighted by Crippen LogP contribution is 2.21. The fourth-order valence-corrected chi connectivity index (χ4v) is 1.37. The van der Waals surface area contributed by atoms with Gasteiger partial charge in [-0.05, 0) is 37.5 Å². The molecule has 1 atom stereocenters. The summed E-state index contributed by atoms with van der Waals surface area (Å²) in [5, 5.41) is 0. The number of terminal acetylenes is 1. The summed E-state index contributed by atoms with van der Waals surface area (Å²) < 4.78 is 5.29. The molecule has 1 unspecified atom stereocenters. The highest BCUT2D eigenvalue weighted by Gasteiger charge is 2.16. The van der Waals surface area contributed by atoms with E-state index in [1.54, 1.807) is 6.07 Å². The number of benzene rings is 1. The minimum absolute atomic E-state index is 0.348. The van der Waals surface area contributed by atoms with Gasteiger partial charge in [0, 0.05) is 0 Å². The summed E-state index contributed by atoms with van der Waals surface area (Å²) in [5.74, 6) is 2.22. The van der Waals surface area contributed by atoms with Crippen LogP contribution in [0.15, 0.2) is 18.2 Å². The smallest absolute Gasteiger partial charge is 0.326 e. The van der Waals surface area contributed by atoms with E-state index in [1.165, 1.54) is 0 Å². The van der Waals surface area contributed by atoms with Crippen LogP contribution in [-0.2, 0) is 4.79 Å². The van der Waals surface area contributed by atoms with Crippen LogP contribution < -0.4 is 4.74 Å². The van der Waals surface area contributed by atoms with Gasteiger partial charge in [0.1, 0.15) is 11.7 Å². The van der Waals surface area contributed by atoms with Gasteiger partial charge in [-0.2, -0.15) is 0 Å². The Kier molecular flexibility index (Phi) is 4.13.